The monoisotopic (exact) mass is 308 g/mol. The Kier molecular flexibility index (Phi) is 5.22. The van der Waals surface area contributed by atoms with Gasteiger partial charge in [-0.2, -0.15) is 0 Å². The molecule has 2 heterocycles. The van der Waals surface area contributed by atoms with Crippen LogP contribution in [0.2, 0.25) is 0 Å². The van der Waals surface area contributed by atoms with Crippen molar-refractivity contribution in [3.8, 4) is 0 Å². The number of nitrogens with zero attached hydrogens (tertiary/aromatic N) is 4. The number of hydrogen-bond acceptors (Lipinski definition) is 3. The number of hydrogen-bond donors (Lipinski definition) is 0. The van der Waals surface area contributed by atoms with E-state index >= 15 is 0 Å². The molecule has 4 nitrogen and oxygen atoms in total. The standard InChI is InChI=1S/C16H25ClN4/c1-11(2)20(12(3)4)8-9-21-15-6-7-18-10-14(15)19-16(21)13(5)17/h6-7,10-13H,8-9H2,1-5H3. The molecule has 5 heteroatoms. The molecule has 0 radical (unpaired) electrons. The van der Waals surface area contributed by atoms with Crippen molar-refractivity contribution in [3.63, 3.8) is 0 Å². The van der Waals surface area contributed by atoms with Crippen molar-refractivity contribution in [2.24, 2.45) is 0 Å². The van der Waals surface area contributed by atoms with Gasteiger partial charge < -0.3 is 4.57 Å². The van der Waals surface area contributed by atoms with Crippen molar-refractivity contribution in [3.05, 3.63) is 24.3 Å². The van der Waals surface area contributed by atoms with Crippen LogP contribution in [0.5, 0.6) is 0 Å². The Morgan fingerprint density at radius 1 is 1.19 bits per heavy atom. The fourth-order valence-corrected chi connectivity index (χ4v) is 3.03. The van der Waals surface area contributed by atoms with Gasteiger partial charge in [-0.25, -0.2) is 4.98 Å². The van der Waals surface area contributed by atoms with E-state index in [1.165, 1.54) is 0 Å². The van der Waals surface area contributed by atoms with Crippen LogP contribution in [0.25, 0.3) is 11.0 Å². The molecule has 0 spiro atoms. The number of pyridine rings is 1. The van der Waals surface area contributed by atoms with E-state index < -0.39 is 0 Å². The first-order chi connectivity index (χ1) is 9.91. The second-order valence-electron chi connectivity index (χ2n) is 6.03. The first-order valence-corrected chi connectivity index (χ1v) is 8.05. The number of aromatic nitrogens is 3. The molecule has 0 aliphatic heterocycles. The second-order valence-corrected chi connectivity index (χ2v) is 6.68. The number of rotatable bonds is 6. The molecule has 0 aliphatic rings. The fourth-order valence-electron chi connectivity index (χ4n) is 2.87. The Bertz CT molecular complexity index is 581. The lowest BCUT2D eigenvalue weighted by Crippen LogP contribution is -2.39. The van der Waals surface area contributed by atoms with Gasteiger partial charge in [0.2, 0.25) is 0 Å². The molecule has 0 bridgehead atoms. The molecule has 0 aromatic carbocycles. The summed E-state index contributed by atoms with van der Waals surface area (Å²) in [6.45, 7) is 12.8. The summed E-state index contributed by atoms with van der Waals surface area (Å²) < 4.78 is 2.23. The van der Waals surface area contributed by atoms with E-state index in [-0.39, 0.29) is 5.38 Å². The van der Waals surface area contributed by atoms with E-state index in [2.05, 4.69) is 47.1 Å². The zero-order valence-corrected chi connectivity index (χ0v) is 14.3. The largest absolute Gasteiger partial charge is 0.325 e. The molecule has 0 amide bonds. The van der Waals surface area contributed by atoms with Crippen LogP contribution < -0.4 is 0 Å². The summed E-state index contributed by atoms with van der Waals surface area (Å²) in [7, 11) is 0. The third kappa shape index (κ3) is 3.55. The van der Waals surface area contributed by atoms with E-state index in [1.807, 2.05) is 19.2 Å². The summed E-state index contributed by atoms with van der Waals surface area (Å²) >= 11 is 6.30. The highest BCUT2D eigenvalue weighted by Crippen LogP contribution is 2.24. The predicted octanol–water partition coefficient (Wildman–Crippen LogP) is 3.85. The lowest BCUT2D eigenvalue weighted by molar-refractivity contribution is 0.168. The highest BCUT2D eigenvalue weighted by molar-refractivity contribution is 6.20. The maximum Gasteiger partial charge on any atom is 0.127 e. The topological polar surface area (TPSA) is 34.0 Å². The normalized spacial score (nSPS) is 13.8. The Morgan fingerprint density at radius 2 is 1.86 bits per heavy atom. The number of halogens is 1. The van der Waals surface area contributed by atoms with Crippen LogP contribution in [0.1, 0.15) is 45.8 Å². The lowest BCUT2D eigenvalue weighted by atomic mass is 10.2. The van der Waals surface area contributed by atoms with Crippen molar-refractivity contribution < 1.29 is 0 Å². The third-order valence-corrected chi connectivity index (χ3v) is 4.04. The molecular weight excluding hydrogens is 284 g/mol. The van der Waals surface area contributed by atoms with Crippen LogP contribution in [0.3, 0.4) is 0 Å². The Hall–Kier alpha value is -1.13. The quantitative estimate of drug-likeness (QED) is 0.760. The molecule has 0 saturated heterocycles. The summed E-state index contributed by atoms with van der Waals surface area (Å²) in [4.78, 5) is 11.3. The number of imidazole rings is 1. The summed E-state index contributed by atoms with van der Waals surface area (Å²) in [5.74, 6) is 0.923. The van der Waals surface area contributed by atoms with Gasteiger partial charge in [-0.15, -0.1) is 11.6 Å². The lowest BCUT2D eigenvalue weighted by Gasteiger charge is -2.30. The fraction of sp³-hybridized carbons (Fsp3) is 0.625. The molecule has 0 N–H and O–H groups in total. The highest BCUT2D eigenvalue weighted by Gasteiger charge is 2.18. The molecule has 0 saturated carbocycles. The van der Waals surface area contributed by atoms with Crippen LogP contribution in [-0.2, 0) is 6.54 Å². The summed E-state index contributed by atoms with van der Waals surface area (Å²) in [5, 5.41) is -0.107. The van der Waals surface area contributed by atoms with Gasteiger partial charge in [0.05, 0.1) is 17.1 Å². The van der Waals surface area contributed by atoms with E-state index in [1.54, 1.807) is 6.20 Å². The van der Waals surface area contributed by atoms with Crippen molar-refractivity contribution in [1.82, 2.24) is 19.4 Å². The summed E-state index contributed by atoms with van der Waals surface area (Å²) in [6.07, 6.45) is 3.61. The molecule has 0 fully saturated rings. The molecule has 1 unspecified atom stereocenters. The highest BCUT2D eigenvalue weighted by atomic mass is 35.5. The van der Waals surface area contributed by atoms with Crippen LogP contribution in [-0.4, -0.2) is 38.1 Å². The minimum Gasteiger partial charge on any atom is -0.325 e. The minimum atomic E-state index is -0.107. The SMILES string of the molecule is CC(Cl)c1nc2cnccc2n1CCN(C(C)C)C(C)C. The molecule has 2 aromatic rings. The number of fused-ring (bicyclic) bond motifs is 1. The maximum atomic E-state index is 6.30. The van der Waals surface area contributed by atoms with Crippen LogP contribution in [0, 0.1) is 0 Å². The van der Waals surface area contributed by atoms with Gasteiger partial charge in [-0.3, -0.25) is 9.88 Å². The smallest absolute Gasteiger partial charge is 0.127 e. The number of alkyl halides is 1. The molecule has 116 valence electrons. The molecule has 2 aromatic heterocycles. The van der Waals surface area contributed by atoms with Gasteiger partial charge in [0.1, 0.15) is 11.3 Å². The van der Waals surface area contributed by atoms with Gasteiger partial charge in [0, 0.05) is 31.4 Å². The van der Waals surface area contributed by atoms with E-state index in [0.29, 0.717) is 12.1 Å². The van der Waals surface area contributed by atoms with Gasteiger partial charge in [0.15, 0.2) is 0 Å². The van der Waals surface area contributed by atoms with Crippen molar-refractivity contribution >= 4 is 22.6 Å². The van der Waals surface area contributed by atoms with E-state index in [4.69, 9.17) is 11.6 Å². The van der Waals surface area contributed by atoms with E-state index in [0.717, 1.165) is 29.9 Å². The first kappa shape index (κ1) is 16.2. The van der Waals surface area contributed by atoms with Crippen LogP contribution in [0.15, 0.2) is 18.5 Å². The molecule has 21 heavy (non-hydrogen) atoms. The Labute approximate surface area is 132 Å². The summed E-state index contributed by atoms with van der Waals surface area (Å²) in [5.41, 5.74) is 2.03. The van der Waals surface area contributed by atoms with Crippen molar-refractivity contribution in [2.75, 3.05) is 6.54 Å². The second kappa shape index (κ2) is 6.75. The Balaban J connectivity index is 2.30. The average Bonchev–Trinajstić information content (AvgIpc) is 2.77. The zero-order valence-electron chi connectivity index (χ0n) is 13.5. The van der Waals surface area contributed by atoms with E-state index in [9.17, 15) is 0 Å². The van der Waals surface area contributed by atoms with Gasteiger partial charge in [0.25, 0.3) is 0 Å². The molecular formula is C16H25ClN4. The predicted molar refractivity (Wildman–Crippen MR) is 88.8 cm³/mol. The van der Waals surface area contributed by atoms with Gasteiger partial charge >= 0.3 is 0 Å². The van der Waals surface area contributed by atoms with Gasteiger partial charge in [-0.1, -0.05) is 0 Å². The van der Waals surface area contributed by atoms with Crippen LogP contribution >= 0.6 is 11.6 Å². The van der Waals surface area contributed by atoms with Crippen LogP contribution in [0.4, 0.5) is 0 Å². The average molecular weight is 309 g/mol. The van der Waals surface area contributed by atoms with Crippen molar-refractivity contribution in [2.45, 2.75) is 58.6 Å². The summed E-state index contributed by atoms with van der Waals surface area (Å²) in [6, 6.07) is 3.07. The maximum absolute atomic E-state index is 6.30. The molecule has 1 atom stereocenters. The van der Waals surface area contributed by atoms with Gasteiger partial charge in [-0.05, 0) is 40.7 Å². The molecule has 0 aliphatic carbocycles. The zero-order chi connectivity index (χ0) is 15.6. The van der Waals surface area contributed by atoms with Crippen molar-refractivity contribution in [1.29, 1.82) is 0 Å². The molecule has 2 rings (SSSR count). The minimum absolute atomic E-state index is 0.107. The third-order valence-electron chi connectivity index (χ3n) is 3.84. The first-order valence-electron chi connectivity index (χ1n) is 7.61. The Morgan fingerprint density at radius 3 is 2.43 bits per heavy atom.